The van der Waals surface area contributed by atoms with Crippen molar-refractivity contribution in [2.24, 2.45) is 5.92 Å². The van der Waals surface area contributed by atoms with Crippen molar-refractivity contribution >= 4 is 17.9 Å². The van der Waals surface area contributed by atoms with Crippen LogP contribution in [-0.4, -0.2) is 48.3 Å². The summed E-state index contributed by atoms with van der Waals surface area (Å²) in [7, 11) is 0. The molecule has 2 heterocycles. The van der Waals surface area contributed by atoms with Gasteiger partial charge in [0.1, 0.15) is 0 Å². The first-order valence-corrected chi connectivity index (χ1v) is 8.71. The van der Waals surface area contributed by atoms with Gasteiger partial charge in [-0.3, -0.25) is 14.6 Å². The summed E-state index contributed by atoms with van der Waals surface area (Å²) in [5, 5.41) is 0. The van der Waals surface area contributed by atoms with Crippen LogP contribution in [0.1, 0.15) is 23.2 Å². The molecular formula is C20H23N3O2. The molecule has 0 saturated carbocycles. The van der Waals surface area contributed by atoms with E-state index in [-0.39, 0.29) is 11.7 Å². The zero-order valence-electron chi connectivity index (χ0n) is 14.3. The summed E-state index contributed by atoms with van der Waals surface area (Å²) in [5.74, 6) is 0.365. The molecule has 0 bridgehead atoms. The van der Waals surface area contributed by atoms with Crippen molar-refractivity contribution in [1.29, 1.82) is 0 Å². The Bertz CT molecular complexity index is 683. The number of nitrogens with zero attached hydrogens (tertiary/aromatic N) is 3. The lowest BCUT2D eigenvalue weighted by molar-refractivity contribution is -0.107. The Morgan fingerprint density at radius 3 is 2.56 bits per heavy atom. The molecule has 0 unspecified atom stereocenters. The number of aromatic nitrogens is 1. The van der Waals surface area contributed by atoms with Crippen molar-refractivity contribution in [2.45, 2.75) is 12.8 Å². The van der Waals surface area contributed by atoms with Gasteiger partial charge in [0.25, 0.3) is 0 Å². The molecular weight excluding hydrogens is 314 g/mol. The van der Waals surface area contributed by atoms with E-state index in [1.165, 1.54) is 0 Å². The summed E-state index contributed by atoms with van der Waals surface area (Å²) in [6.45, 7) is 3.22. The minimum Gasteiger partial charge on any atom is -0.312 e. The molecule has 0 N–H and O–H groups in total. The van der Waals surface area contributed by atoms with Crippen molar-refractivity contribution in [3.8, 4) is 0 Å². The molecule has 3 rings (SSSR count). The number of hydrogen-bond acceptors (Lipinski definition) is 4. The van der Waals surface area contributed by atoms with Gasteiger partial charge in [-0.2, -0.15) is 0 Å². The highest BCUT2D eigenvalue weighted by Gasteiger charge is 2.25. The Morgan fingerprint density at radius 2 is 1.92 bits per heavy atom. The standard InChI is InChI=1S/C20H23N3O2/c24-16-23(19-7-4-10-21-15-19)14-13-22-11-8-18(9-12-22)20(25)17-5-2-1-3-6-17/h1-7,10,15-16,18H,8-9,11-14H2. The van der Waals surface area contributed by atoms with Crippen LogP contribution in [0.2, 0.25) is 0 Å². The summed E-state index contributed by atoms with van der Waals surface area (Å²) >= 11 is 0. The average Bonchev–Trinajstić information content (AvgIpc) is 2.70. The molecule has 2 aromatic rings. The first-order chi connectivity index (χ1) is 12.3. The molecule has 1 aromatic heterocycles. The van der Waals surface area contributed by atoms with Gasteiger partial charge in [-0.1, -0.05) is 30.3 Å². The first kappa shape index (κ1) is 17.3. The van der Waals surface area contributed by atoms with Crippen LogP contribution in [0, 0.1) is 5.92 Å². The lowest BCUT2D eigenvalue weighted by Gasteiger charge is -2.32. The van der Waals surface area contributed by atoms with E-state index >= 15 is 0 Å². The minimum absolute atomic E-state index is 0.110. The molecule has 1 saturated heterocycles. The number of ketones is 1. The van der Waals surface area contributed by atoms with E-state index in [9.17, 15) is 9.59 Å². The normalized spacial score (nSPS) is 15.7. The lowest BCUT2D eigenvalue weighted by atomic mass is 9.89. The Kier molecular flexibility index (Phi) is 5.90. The number of rotatable bonds is 7. The highest BCUT2D eigenvalue weighted by atomic mass is 16.1. The molecule has 1 fully saturated rings. The number of pyridine rings is 1. The van der Waals surface area contributed by atoms with E-state index in [0.717, 1.165) is 50.1 Å². The fourth-order valence-electron chi connectivity index (χ4n) is 3.27. The number of likely N-dealkylation sites (tertiary alicyclic amines) is 1. The Hall–Kier alpha value is -2.53. The van der Waals surface area contributed by atoms with Crippen LogP contribution in [-0.2, 0) is 4.79 Å². The number of Topliss-reactive ketones (excluding diaryl/α,β-unsaturated/α-hetero) is 1. The molecule has 1 aromatic carbocycles. The number of anilines is 1. The smallest absolute Gasteiger partial charge is 0.214 e. The van der Waals surface area contributed by atoms with E-state index < -0.39 is 0 Å². The van der Waals surface area contributed by atoms with Crippen molar-refractivity contribution in [1.82, 2.24) is 9.88 Å². The van der Waals surface area contributed by atoms with E-state index in [2.05, 4.69) is 9.88 Å². The molecule has 5 heteroatoms. The highest BCUT2D eigenvalue weighted by molar-refractivity contribution is 5.97. The number of piperidine rings is 1. The zero-order valence-corrected chi connectivity index (χ0v) is 14.3. The largest absolute Gasteiger partial charge is 0.312 e. The summed E-state index contributed by atoms with van der Waals surface area (Å²) < 4.78 is 0. The molecule has 25 heavy (non-hydrogen) atoms. The monoisotopic (exact) mass is 337 g/mol. The third-order valence-electron chi connectivity index (χ3n) is 4.78. The van der Waals surface area contributed by atoms with Crippen molar-refractivity contribution in [3.05, 3.63) is 60.4 Å². The predicted octanol–water partition coefficient (Wildman–Crippen LogP) is 2.64. The van der Waals surface area contributed by atoms with E-state index in [0.29, 0.717) is 6.54 Å². The molecule has 5 nitrogen and oxygen atoms in total. The molecule has 130 valence electrons. The SMILES string of the molecule is O=CN(CCN1CCC(C(=O)c2ccccc2)CC1)c1cccnc1. The average molecular weight is 337 g/mol. The first-order valence-electron chi connectivity index (χ1n) is 8.71. The van der Waals surface area contributed by atoms with Crippen LogP contribution in [0.4, 0.5) is 5.69 Å². The third-order valence-corrected chi connectivity index (χ3v) is 4.78. The van der Waals surface area contributed by atoms with Crippen molar-refractivity contribution in [2.75, 3.05) is 31.1 Å². The third kappa shape index (κ3) is 4.51. The van der Waals surface area contributed by atoms with Crippen LogP contribution < -0.4 is 4.90 Å². The summed E-state index contributed by atoms with van der Waals surface area (Å²) in [5.41, 5.74) is 1.62. The number of carbonyl (C=O) groups excluding carboxylic acids is 2. The number of hydrogen-bond donors (Lipinski definition) is 0. The van der Waals surface area contributed by atoms with Gasteiger partial charge < -0.3 is 9.80 Å². The van der Waals surface area contributed by atoms with Crippen LogP contribution in [0.5, 0.6) is 0 Å². The van der Waals surface area contributed by atoms with E-state index in [4.69, 9.17) is 0 Å². The van der Waals surface area contributed by atoms with E-state index in [1.807, 2.05) is 42.5 Å². The van der Waals surface area contributed by atoms with Crippen LogP contribution in [0.15, 0.2) is 54.9 Å². The van der Waals surface area contributed by atoms with Crippen LogP contribution in [0.3, 0.4) is 0 Å². The molecule has 1 amide bonds. The fourth-order valence-corrected chi connectivity index (χ4v) is 3.27. The maximum atomic E-state index is 12.5. The minimum atomic E-state index is 0.110. The van der Waals surface area contributed by atoms with Crippen LogP contribution >= 0.6 is 0 Å². The molecule has 0 radical (unpaired) electrons. The summed E-state index contributed by atoms with van der Waals surface area (Å²) in [6, 6.07) is 13.2. The quantitative estimate of drug-likeness (QED) is 0.576. The second-order valence-electron chi connectivity index (χ2n) is 6.36. The number of amides is 1. The Balaban J connectivity index is 1.48. The van der Waals surface area contributed by atoms with Gasteiger partial charge in [0, 0.05) is 30.8 Å². The van der Waals surface area contributed by atoms with E-state index in [1.54, 1.807) is 17.3 Å². The lowest BCUT2D eigenvalue weighted by Crippen LogP contribution is -2.41. The Labute approximate surface area is 148 Å². The fraction of sp³-hybridized carbons (Fsp3) is 0.350. The highest BCUT2D eigenvalue weighted by Crippen LogP contribution is 2.22. The number of benzene rings is 1. The molecule has 1 aliphatic rings. The van der Waals surface area contributed by atoms with Crippen molar-refractivity contribution in [3.63, 3.8) is 0 Å². The summed E-state index contributed by atoms with van der Waals surface area (Å²) in [6.07, 6.45) is 5.99. The maximum Gasteiger partial charge on any atom is 0.214 e. The second-order valence-corrected chi connectivity index (χ2v) is 6.36. The van der Waals surface area contributed by atoms with Gasteiger partial charge in [-0.05, 0) is 38.1 Å². The molecule has 0 atom stereocenters. The number of carbonyl (C=O) groups is 2. The van der Waals surface area contributed by atoms with Crippen LogP contribution in [0.25, 0.3) is 0 Å². The maximum absolute atomic E-state index is 12.5. The summed E-state index contributed by atoms with van der Waals surface area (Å²) in [4.78, 5) is 31.9. The molecule has 1 aliphatic heterocycles. The van der Waals surface area contributed by atoms with Gasteiger partial charge in [0.05, 0.1) is 11.9 Å². The van der Waals surface area contributed by atoms with Gasteiger partial charge in [0.2, 0.25) is 6.41 Å². The molecule has 0 aliphatic carbocycles. The predicted molar refractivity (Wildman–Crippen MR) is 97.6 cm³/mol. The molecule has 0 spiro atoms. The Morgan fingerprint density at radius 1 is 1.16 bits per heavy atom. The van der Waals surface area contributed by atoms with Gasteiger partial charge in [0.15, 0.2) is 5.78 Å². The topological polar surface area (TPSA) is 53.5 Å². The van der Waals surface area contributed by atoms with Crippen molar-refractivity contribution < 1.29 is 9.59 Å². The zero-order chi connectivity index (χ0) is 17.5. The van der Waals surface area contributed by atoms with Gasteiger partial charge in [-0.15, -0.1) is 0 Å². The second kappa shape index (κ2) is 8.53. The van der Waals surface area contributed by atoms with Gasteiger partial charge in [-0.25, -0.2) is 0 Å². The van der Waals surface area contributed by atoms with Gasteiger partial charge >= 0.3 is 0 Å².